The van der Waals surface area contributed by atoms with Crippen LogP contribution in [0.25, 0.3) is 0 Å². The van der Waals surface area contributed by atoms with Gasteiger partial charge in [-0.3, -0.25) is 4.79 Å². The maximum absolute atomic E-state index is 11.2. The van der Waals surface area contributed by atoms with Crippen LogP contribution in [0, 0.1) is 11.8 Å². The lowest BCUT2D eigenvalue weighted by Gasteiger charge is -2.19. The first kappa shape index (κ1) is 10.6. The zero-order valence-corrected chi connectivity index (χ0v) is 8.59. The number of carbonyl (C=O) groups is 1. The first-order chi connectivity index (χ1) is 6.25. The van der Waals surface area contributed by atoms with Gasteiger partial charge in [0.1, 0.15) is 0 Å². The van der Waals surface area contributed by atoms with E-state index < -0.39 is 0 Å². The predicted molar refractivity (Wildman–Crippen MR) is 54.2 cm³/mol. The number of nitrogens with two attached hydrogens (primary N) is 1. The minimum Gasteiger partial charge on any atom is -0.369 e. The monoisotopic (exact) mass is 183 g/mol. The summed E-state index contributed by atoms with van der Waals surface area (Å²) in [5, 5.41) is 0. The van der Waals surface area contributed by atoms with Gasteiger partial charge in [-0.15, -0.1) is 0 Å². The largest absolute Gasteiger partial charge is 0.369 e. The minimum absolute atomic E-state index is 0.0691. The Morgan fingerprint density at radius 1 is 1.46 bits per heavy atom. The van der Waals surface area contributed by atoms with E-state index in [0.717, 1.165) is 19.3 Å². The maximum Gasteiger partial charge on any atom is 0.220 e. The average Bonchev–Trinajstić information content (AvgIpc) is 2.57. The lowest BCUT2D eigenvalue weighted by Crippen LogP contribution is -2.28. The van der Waals surface area contributed by atoms with Gasteiger partial charge >= 0.3 is 0 Å². The number of unbranched alkanes of at least 4 members (excludes halogenated alkanes) is 1. The first-order valence-electron chi connectivity index (χ1n) is 5.55. The molecule has 2 heteroatoms. The maximum atomic E-state index is 11.2. The van der Waals surface area contributed by atoms with Crippen LogP contribution in [0.3, 0.4) is 0 Å². The van der Waals surface area contributed by atoms with E-state index in [-0.39, 0.29) is 11.8 Å². The molecule has 0 aromatic carbocycles. The van der Waals surface area contributed by atoms with Crippen LogP contribution in [0.5, 0.6) is 0 Å². The molecule has 1 rings (SSSR count). The van der Waals surface area contributed by atoms with Gasteiger partial charge in [0.15, 0.2) is 0 Å². The normalized spacial score (nSPS) is 20.4. The van der Waals surface area contributed by atoms with Crippen LogP contribution >= 0.6 is 0 Å². The van der Waals surface area contributed by atoms with Crippen LogP contribution in [0.1, 0.15) is 51.9 Å². The van der Waals surface area contributed by atoms with Gasteiger partial charge in [-0.25, -0.2) is 0 Å². The number of rotatable bonds is 5. The molecule has 0 aliphatic heterocycles. The quantitative estimate of drug-likeness (QED) is 0.699. The summed E-state index contributed by atoms with van der Waals surface area (Å²) in [5.74, 6) is 0.701. The summed E-state index contributed by atoms with van der Waals surface area (Å²) in [6.07, 6.45) is 8.34. The Kier molecular flexibility index (Phi) is 4.26. The van der Waals surface area contributed by atoms with Crippen molar-refractivity contribution in [3.05, 3.63) is 0 Å². The summed E-state index contributed by atoms with van der Waals surface area (Å²) >= 11 is 0. The molecule has 1 aliphatic rings. The van der Waals surface area contributed by atoms with E-state index in [9.17, 15) is 4.79 Å². The van der Waals surface area contributed by atoms with E-state index in [1.54, 1.807) is 0 Å². The molecule has 2 N–H and O–H groups in total. The molecule has 76 valence electrons. The predicted octanol–water partition coefficient (Wildman–Crippen LogP) is 2.47. The Bertz CT molecular complexity index is 161. The smallest absolute Gasteiger partial charge is 0.220 e. The van der Waals surface area contributed by atoms with E-state index in [4.69, 9.17) is 5.73 Å². The van der Waals surface area contributed by atoms with E-state index >= 15 is 0 Å². The van der Waals surface area contributed by atoms with Crippen LogP contribution < -0.4 is 5.73 Å². The van der Waals surface area contributed by atoms with Gasteiger partial charge in [0.2, 0.25) is 5.91 Å². The van der Waals surface area contributed by atoms with Crippen LogP contribution in [-0.2, 0) is 4.79 Å². The van der Waals surface area contributed by atoms with Gasteiger partial charge in [-0.1, -0.05) is 32.6 Å². The van der Waals surface area contributed by atoms with E-state index in [1.165, 1.54) is 25.7 Å². The van der Waals surface area contributed by atoms with Gasteiger partial charge in [0, 0.05) is 5.92 Å². The van der Waals surface area contributed by atoms with Gasteiger partial charge in [0.25, 0.3) is 0 Å². The van der Waals surface area contributed by atoms with Crippen molar-refractivity contribution < 1.29 is 4.79 Å². The summed E-state index contributed by atoms with van der Waals surface area (Å²) in [5.41, 5.74) is 5.42. The summed E-state index contributed by atoms with van der Waals surface area (Å²) in [6, 6.07) is 0. The zero-order valence-electron chi connectivity index (χ0n) is 8.59. The second kappa shape index (κ2) is 5.25. The van der Waals surface area contributed by atoms with E-state index in [0.29, 0.717) is 5.92 Å². The Hall–Kier alpha value is -0.530. The van der Waals surface area contributed by atoms with Crippen molar-refractivity contribution in [2.24, 2.45) is 17.6 Å². The number of carbonyl (C=O) groups excluding carboxylic acids is 1. The zero-order chi connectivity index (χ0) is 9.68. The van der Waals surface area contributed by atoms with Crippen molar-refractivity contribution in [3.8, 4) is 0 Å². The Morgan fingerprint density at radius 2 is 2.08 bits per heavy atom. The molecule has 0 aromatic rings. The van der Waals surface area contributed by atoms with Crippen molar-refractivity contribution in [2.45, 2.75) is 51.9 Å². The first-order valence-corrected chi connectivity index (χ1v) is 5.55. The standard InChI is InChI=1S/C11H21NO/c1-2-3-8-10(11(12)13)9-6-4-5-7-9/h9-10H,2-8H2,1H3,(H2,12,13). The fourth-order valence-electron chi connectivity index (χ4n) is 2.39. The third kappa shape index (κ3) is 3.02. The molecular weight excluding hydrogens is 162 g/mol. The summed E-state index contributed by atoms with van der Waals surface area (Å²) in [7, 11) is 0. The van der Waals surface area contributed by atoms with Crippen LogP contribution in [0.4, 0.5) is 0 Å². The SMILES string of the molecule is CCCCC(C(N)=O)C1CCCC1. The topological polar surface area (TPSA) is 43.1 Å². The van der Waals surface area contributed by atoms with Crippen LogP contribution in [0.2, 0.25) is 0 Å². The van der Waals surface area contributed by atoms with Crippen molar-refractivity contribution in [1.29, 1.82) is 0 Å². The number of amides is 1. The van der Waals surface area contributed by atoms with Crippen LogP contribution in [0.15, 0.2) is 0 Å². The molecule has 0 saturated heterocycles. The molecule has 1 fully saturated rings. The van der Waals surface area contributed by atoms with Crippen molar-refractivity contribution >= 4 is 5.91 Å². The molecule has 0 spiro atoms. The molecule has 0 radical (unpaired) electrons. The molecule has 1 atom stereocenters. The van der Waals surface area contributed by atoms with Gasteiger partial charge in [-0.05, 0) is 25.2 Å². The highest BCUT2D eigenvalue weighted by atomic mass is 16.1. The number of primary amides is 1. The lowest BCUT2D eigenvalue weighted by molar-refractivity contribution is -0.123. The van der Waals surface area contributed by atoms with Crippen molar-refractivity contribution in [3.63, 3.8) is 0 Å². The molecule has 1 saturated carbocycles. The lowest BCUT2D eigenvalue weighted by atomic mass is 9.86. The molecule has 13 heavy (non-hydrogen) atoms. The highest BCUT2D eigenvalue weighted by Gasteiger charge is 2.28. The Balaban J connectivity index is 2.40. The Labute approximate surface area is 80.9 Å². The fraction of sp³-hybridized carbons (Fsp3) is 0.909. The third-order valence-corrected chi connectivity index (χ3v) is 3.20. The third-order valence-electron chi connectivity index (χ3n) is 3.20. The van der Waals surface area contributed by atoms with Gasteiger partial charge < -0.3 is 5.73 Å². The second-order valence-electron chi connectivity index (χ2n) is 4.20. The molecule has 0 heterocycles. The van der Waals surface area contributed by atoms with Gasteiger partial charge in [0.05, 0.1) is 0 Å². The van der Waals surface area contributed by atoms with E-state index in [1.807, 2.05) is 0 Å². The van der Waals surface area contributed by atoms with Gasteiger partial charge in [-0.2, -0.15) is 0 Å². The minimum atomic E-state index is -0.0691. The van der Waals surface area contributed by atoms with E-state index in [2.05, 4.69) is 6.92 Å². The molecular formula is C11H21NO. The molecule has 0 bridgehead atoms. The van der Waals surface area contributed by atoms with Crippen LogP contribution in [-0.4, -0.2) is 5.91 Å². The summed E-state index contributed by atoms with van der Waals surface area (Å²) < 4.78 is 0. The number of hydrogen-bond acceptors (Lipinski definition) is 1. The Morgan fingerprint density at radius 3 is 2.54 bits per heavy atom. The molecule has 1 amide bonds. The fourth-order valence-corrected chi connectivity index (χ4v) is 2.39. The average molecular weight is 183 g/mol. The summed E-state index contributed by atoms with van der Waals surface area (Å²) in [6.45, 7) is 2.16. The molecule has 2 nitrogen and oxygen atoms in total. The number of hydrogen-bond donors (Lipinski definition) is 1. The van der Waals surface area contributed by atoms with Crippen molar-refractivity contribution in [1.82, 2.24) is 0 Å². The second-order valence-corrected chi connectivity index (χ2v) is 4.20. The molecule has 1 aliphatic carbocycles. The molecule has 1 unspecified atom stereocenters. The van der Waals surface area contributed by atoms with Crippen molar-refractivity contribution in [2.75, 3.05) is 0 Å². The highest BCUT2D eigenvalue weighted by Crippen LogP contribution is 2.33. The molecule has 0 aromatic heterocycles. The summed E-state index contributed by atoms with van der Waals surface area (Å²) in [4.78, 5) is 11.2. The highest BCUT2D eigenvalue weighted by molar-refractivity contribution is 5.76.